The molecule has 3 aromatic heterocycles. The second-order valence-electron chi connectivity index (χ2n) is 8.58. The maximum absolute atomic E-state index is 14.5. The van der Waals surface area contributed by atoms with Gasteiger partial charge in [-0.3, -0.25) is 0 Å². The van der Waals surface area contributed by atoms with Crippen molar-refractivity contribution in [3.63, 3.8) is 0 Å². The summed E-state index contributed by atoms with van der Waals surface area (Å²) in [6.07, 6.45) is 3.56. The first-order valence-electron chi connectivity index (χ1n) is 10.9. The molecule has 176 valence electrons. The number of halogens is 1. The number of nitrogens with one attached hydrogen (secondary N) is 2. The Morgan fingerprint density at radius 1 is 1.38 bits per heavy atom. The minimum absolute atomic E-state index is 0.206. The summed E-state index contributed by atoms with van der Waals surface area (Å²) in [5.41, 5.74) is 8.37. The number of esters is 1. The molecule has 1 aromatic carbocycles. The van der Waals surface area contributed by atoms with Crippen LogP contribution in [0.5, 0.6) is 0 Å². The highest BCUT2D eigenvalue weighted by atomic mass is 32.2. The van der Waals surface area contributed by atoms with Crippen molar-refractivity contribution >= 4 is 62.5 Å². The van der Waals surface area contributed by atoms with E-state index in [1.165, 1.54) is 42.3 Å². The Bertz CT molecular complexity index is 1440. The number of H-pyrrole nitrogens is 1. The van der Waals surface area contributed by atoms with Crippen LogP contribution in [0.2, 0.25) is 0 Å². The Balaban J connectivity index is 1.50. The van der Waals surface area contributed by atoms with Crippen molar-refractivity contribution in [1.82, 2.24) is 19.9 Å². The number of aromatic nitrogens is 4. The van der Waals surface area contributed by atoms with Crippen molar-refractivity contribution in [2.24, 2.45) is 11.7 Å². The van der Waals surface area contributed by atoms with E-state index >= 15 is 0 Å². The highest BCUT2D eigenvalue weighted by Gasteiger charge is 2.44. The average molecular weight is 500 g/mol. The predicted octanol–water partition coefficient (Wildman–Crippen LogP) is 3.61. The van der Waals surface area contributed by atoms with Gasteiger partial charge >= 0.3 is 5.97 Å². The molecule has 0 amide bonds. The SMILES string of the molecule is CNc1cc(F)cc2c1[nH]c1nc(Sc3cnc(C(=O)OC)s3)nc(N3C[C@H]4C[C@@H]3C[C@H]4N)c12. The molecule has 4 heterocycles. The van der Waals surface area contributed by atoms with Gasteiger partial charge in [0.05, 0.1) is 34.1 Å². The molecular weight excluding hydrogens is 477 g/mol. The van der Waals surface area contributed by atoms with Gasteiger partial charge in [-0.1, -0.05) is 0 Å². The molecular formula is C22H22FN7O2S2. The number of thiazole rings is 1. The van der Waals surface area contributed by atoms with Gasteiger partial charge in [-0.2, -0.15) is 0 Å². The molecule has 1 aliphatic carbocycles. The fourth-order valence-electron chi connectivity index (χ4n) is 5.11. The molecule has 6 rings (SSSR count). The fourth-order valence-corrected chi connectivity index (χ4v) is 6.86. The Hall–Kier alpha value is -2.96. The number of carbonyl (C=O) groups excluding carboxylic acids is 1. The number of ether oxygens (including phenoxy) is 1. The van der Waals surface area contributed by atoms with Crippen LogP contribution in [0, 0.1) is 11.7 Å². The largest absolute Gasteiger partial charge is 0.464 e. The predicted molar refractivity (Wildman–Crippen MR) is 130 cm³/mol. The number of piperidine rings is 1. The fraction of sp³-hybridized carbons (Fsp3) is 0.364. The number of hydrogen-bond donors (Lipinski definition) is 3. The molecule has 4 N–H and O–H groups in total. The minimum Gasteiger partial charge on any atom is -0.464 e. The number of anilines is 2. The monoisotopic (exact) mass is 499 g/mol. The Morgan fingerprint density at radius 2 is 2.24 bits per heavy atom. The second-order valence-corrected chi connectivity index (χ2v) is 10.9. The van der Waals surface area contributed by atoms with Gasteiger partial charge in [0.25, 0.3) is 0 Å². The van der Waals surface area contributed by atoms with E-state index in [2.05, 4.69) is 20.2 Å². The maximum atomic E-state index is 14.5. The number of carbonyl (C=O) groups is 1. The van der Waals surface area contributed by atoms with Crippen molar-refractivity contribution < 1.29 is 13.9 Å². The van der Waals surface area contributed by atoms with E-state index in [1.54, 1.807) is 13.2 Å². The van der Waals surface area contributed by atoms with E-state index in [-0.39, 0.29) is 16.9 Å². The molecule has 12 heteroatoms. The number of aromatic amines is 1. The molecule has 9 nitrogen and oxygen atoms in total. The average Bonchev–Trinajstić information content (AvgIpc) is 3.60. The number of fused-ring (bicyclic) bond motifs is 5. The summed E-state index contributed by atoms with van der Waals surface area (Å²) in [6.45, 7) is 0.815. The van der Waals surface area contributed by atoms with Crippen LogP contribution in [0.15, 0.2) is 27.7 Å². The van der Waals surface area contributed by atoms with Crippen LogP contribution in [-0.4, -0.2) is 58.7 Å². The molecule has 1 saturated carbocycles. The smallest absolute Gasteiger partial charge is 0.367 e. The summed E-state index contributed by atoms with van der Waals surface area (Å²) in [5.74, 6) is 0.399. The zero-order chi connectivity index (χ0) is 23.6. The van der Waals surface area contributed by atoms with Crippen molar-refractivity contribution in [3.8, 4) is 0 Å². The highest BCUT2D eigenvalue weighted by Crippen LogP contribution is 2.44. The number of nitrogens with zero attached hydrogens (tertiary/aromatic N) is 4. The molecule has 2 fully saturated rings. The van der Waals surface area contributed by atoms with Gasteiger partial charge in [0.1, 0.15) is 17.3 Å². The van der Waals surface area contributed by atoms with Gasteiger partial charge in [-0.25, -0.2) is 24.1 Å². The van der Waals surface area contributed by atoms with Gasteiger partial charge in [0, 0.05) is 31.1 Å². The third-order valence-electron chi connectivity index (χ3n) is 6.66. The van der Waals surface area contributed by atoms with E-state index < -0.39 is 5.97 Å². The van der Waals surface area contributed by atoms with Crippen LogP contribution in [0.1, 0.15) is 22.6 Å². The van der Waals surface area contributed by atoms with Crippen LogP contribution in [0.3, 0.4) is 0 Å². The molecule has 4 aromatic rings. The molecule has 1 saturated heterocycles. The molecule has 0 unspecified atom stereocenters. The normalized spacial score (nSPS) is 21.6. The minimum atomic E-state index is -0.476. The molecule has 2 bridgehead atoms. The topological polar surface area (TPSA) is 122 Å². The van der Waals surface area contributed by atoms with Gasteiger partial charge in [0.2, 0.25) is 5.01 Å². The van der Waals surface area contributed by atoms with Gasteiger partial charge < -0.3 is 25.7 Å². The summed E-state index contributed by atoms with van der Waals surface area (Å²) in [5, 5.41) is 5.40. The van der Waals surface area contributed by atoms with Crippen molar-refractivity contribution in [1.29, 1.82) is 0 Å². The highest BCUT2D eigenvalue weighted by molar-refractivity contribution is 8.01. The van der Waals surface area contributed by atoms with E-state index in [0.29, 0.717) is 28.5 Å². The molecule has 0 radical (unpaired) electrons. The number of rotatable bonds is 5. The first-order valence-corrected chi connectivity index (χ1v) is 12.5. The number of hydrogen-bond acceptors (Lipinski definition) is 10. The van der Waals surface area contributed by atoms with Crippen LogP contribution in [0.4, 0.5) is 15.9 Å². The number of benzene rings is 1. The van der Waals surface area contributed by atoms with Crippen LogP contribution in [0.25, 0.3) is 21.9 Å². The van der Waals surface area contributed by atoms with Gasteiger partial charge in [-0.15, -0.1) is 11.3 Å². The number of methoxy groups -OCH3 is 1. The lowest BCUT2D eigenvalue weighted by atomic mass is 10.0. The molecule has 3 atom stereocenters. The maximum Gasteiger partial charge on any atom is 0.367 e. The Labute approximate surface area is 202 Å². The summed E-state index contributed by atoms with van der Waals surface area (Å²) >= 11 is 2.56. The first kappa shape index (κ1) is 21.6. The van der Waals surface area contributed by atoms with E-state index in [1.807, 2.05) is 0 Å². The summed E-state index contributed by atoms with van der Waals surface area (Å²) in [7, 11) is 3.09. The Morgan fingerprint density at radius 3 is 2.94 bits per heavy atom. The van der Waals surface area contributed by atoms with Crippen LogP contribution < -0.4 is 16.0 Å². The van der Waals surface area contributed by atoms with E-state index in [9.17, 15) is 9.18 Å². The first-order chi connectivity index (χ1) is 16.4. The molecule has 0 spiro atoms. The van der Waals surface area contributed by atoms with Crippen LogP contribution >= 0.6 is 23.1 Å². The Kier molecular flexibility index (Phi) is 5.12. The quantitative estimate of drug-likeness (QED) is 0.279. The second kappa shape index (κ2) is 8.07. The standard InChI is InChI=1S/C22H22FN7O2S2/c1-25-14-5-10(23)4-12-16-18(27-17(12)14)28-22(34-15-7-26-20(33-15)21(31)32-2)29-19(16)30-8-9-3-11(30)6-13(9)24/h4-5,7,9,11,13,25H,3,6,8,24H2,1-2H3,(H,27,28,29)/t9-,11-,13-/m1/s1. The lowest BCUT2D eigenvalue weighted by Crippen LogP contribution is -2.41. The third kappa shape index (κ3) is 3.39. The van der Waals surface area contributed by atoms with Crippen molar-refractivity contribution in [3.05, 3.63) is 29.2 Å². The molecule has 1 aliphatic heterocycles. The van der Waals surface area contributed by atoms with Gasteiger partial charge in [-0.05, 0) is 42.7 Å². The van der Waals surface area contributed by atoms with Crippen LogP contribution in [-0.2, 0) is 4.74 Å². The van der Waals surface area contributed by atoms with Crippen molar-refractivity contribution in [2.45, 2.75) is 34.3 Å². The number of nitrogens with two attached hydrogens (primary N) is 1. The van der Waals surface area contributed by atoms with Crippen molar-refractivity contribution in [2.75, 3.05) is 30.9 Å². The summed E-state index contributed by atoms with van der Waals surface area (Å²) < 4.78 is 20.0. The zero-order valence-electron chi connectivity index (χ0n) is 18.5. The lowest BCUT2D eigenvalue weighted by molar-refractivity contribution is 0.0600. The van der Waals surface area contributed by atoms with E-state index in [0.717, 1.165) is 45.7 Å². The summed E-state index contributed by atoms with van der Waals surface area (Å²) in [6, 6.07) is 3.49. The lowest BCUT2D eigenvalue weighted by Gasteiger charge is -2.31. The molecule has 2 aliphatic rings. The zero-order valence-corrected chi connectivity index (χ0v) is 20.1. The summed E-state index contributed by atoms with van der Waals surface area (Å²) in [4.78, 5) is 31.3. The third-order valence-corrected chi connectivity index (χ3v) is 8.60. The van der Waals surface area contributed by atoms with E-state index in [4.69, 9.17) is 20.4 Å². The molecule has 34 heavy (non-hydrogen) atoms. The van der Waals surface area contributed by atoms with Gasteiger partial charge in [0.15, 0.2) is 5.16 Å².